The van der Waals surface area contributed by atoms with Crippen LogP contribution in [0.2, 0.25) is 0 Å². The molecular formula is C18H23N3O4S. The van der Waals surface area contributed by atoms with Gasteiger partial charge < -0.3 is 20.2 Å². The van der Waals surface area contributed by atoms with E-state index < -0.39 is 17.4 Å². The van der Waals surface area contributed by atoms with Crippen molar-refractivity contribution < 1.29 is 19.5 Å². The number of anilines is 1. The lowest BCUT2D eigenvalue weighted by Gasteiger charge is -2.45. The highest BCUT2D eigenvalue weighted by atomic mass is 32.2. The molecule has 2 aliphatic rings. The van der Waals surface area contributed by atoms with Crippen molar-refractivity contribution in [3.05, 3.63) is 24.3 Å². The molecule has 3 rings (SSSR count). The summed E-state index contributed by atoms with van der Waals surface area (Å²) in [5.41, 5.74) is 0.0820. The summed E-state index contributed by atoms with van der Waals surface area (Å²) < 4.78 is 0. The summed E-state index contributed by atoms with van der Waals surface area (Å²) in [6.07, 6.45) is 2.95. The largest absolute Gasteiger partial charge is 0.481 e. The number of para-hydroxylation sites is 1. The van der Waals surface area contributed by atoms with Gasteiger partial charge in [0.1, 0.15) is 0 Å². The zero-order chi connectivity index (χ0) is 18.9. The number of likely N-dealkylation sites (tertiary alicyclic amines) is 2. The Bertz CT molecular complexity index is 731. The number of urea groups is 1. The van der Waals surface area contributed by atoms with E-state index >= 15 is 0 Å². The summed E-state index contributed by atoms with van der Waals surface area (Å²) in [5.74, 6) is -1.78. The smallest absolute Gasteiger partial charge is 0.321 e. The monoisotopic (exact) mass is 377 g/mol. The van der Waals surface area contributed by atoms with Gasteiger partial charge in [-0.25, -0.2) is 4.79 Å². The second kappa shape index (κ2) is 7.19. The minimum absolute atomic E-state index is 0.0408. The molecule has 1 aromatic rings. The van der Waals surface area contributed by atoms with Crippen LogP contribution in [0, 0.1) is 5.92 Å². The molecule has 0 aromatic heterocycles. The molecule has 0 radical (unpaired) electrons. The number of amides is 3. The quantitative estimate of drug-likeness (QED) is 0.789. The number of nitrogens with one attached hydrogen (secondary N) is 1. The Hall–Kier alpha value is -2.22. The first kappa shape index (κ1) is 18.6. The van der Waals surface area contributed by atoms with Crippen LogP contribution in [0.4, 0.5) is 10.5 Å². The number of rotatable bonds is 3. The summed E-state index contributed by atoms with van der Waals surface area (Å²) in [6, 6.07) is 7.41. The van der Waals surface area contributed by atoms with Gasteiger partial charge in [0.15, 0.2) is 0 Å². The maximum Gasteiger partial charge on any atom is 0.321 e. The van der Waals surface area contributed by atoms with E-state index in [9.17, 15) is 19.5 Å². The molecular weight excluding hydrogens is 354 g/mol. The lowest BCUT2D eigenvalue weighted by Crippen LogP contribution is -2.57. The van der Waals surface area contributed by atoms with Gasteiger partial charge in [0.05, 0.1) is 17.1 Å². The van der Waals surface area contributed by atoms with Gasteiger partial charge in [0.25, 0.3) is 0 Å². The molecule has 2 N–H and O–H groups in total. The van der Waals surface area contributed by atoms with Crippen LogP contribution in [0.15, 0.2) is 29.2 Å². The average Bonchev–Trinajstić information content (AvgIpc) is 2.88. The van der Waals surface area contributed by atoms with Crippen LogP contribution in [0.1, 0.15) is 19.3 Å². The summed E-state index contributed by atoms with van der Waals surface area (Å²) in [7, 11) is 1.68. The second-order valence-electron chi connectivity index (χ2n) is 6.77. The van der Waals surface area contributed by atoms with Crippen molar-refractivity contribution in [3.8, 4) is 0 Å². The van der Waals surface area contributed by atoms with Crippen molar-refractivity contribution >= 4 is 35.4 Å². The molecule has 0 aliphatic carbocycles. The van der Waals surface area contributed by atoms with Crippen molar-refractivity contribution in [1.29, 1.82) is 0 Å². The number of thioether (sulfide) groups is 1. The fraction of sp³-hybridized carbons (Fsp3) is 0.500. The highest BCUT2D eigenvalue weighted by Crippen LogP contribution is 2.42. The van der Waals surface area contributed by atoms with Crippen LogP contribution in [-0.4, -0.2) is 64.7 Å². The summed E-state index contributed by atoms with van der Waals surface area (Å²) in [6.45, 7) is 0.851. The lowest BCUT2D eigenvalue weighted by atomic mass is 9.77. The first-order valence-corrected chi connectivity index (χ1v) is 9.80. The molecule has 26 heavy (non-hydrogen) atoms. The van der Waals surface area contributed by atoms with Crippen LogP contribution in [0.25, 0.3) is 0 Å². The van der Waals surface area contributed by atoms with Gasteiger partial charge in [-0.15, -0.1) is 11.8 Å². The molecule has 140 valence electrons. The first-order valence-electron chi connectivity index (χ1n) is 8.57. The number of hydrogen-bond acceptors (Lipinski definition) is 4. The van der Waals surface area contributed by atoms with E-state index in [0.717, 1.165) is 10.6 Å². The Morgan fingerprint density at radius 1 is 1.27 bits per heavy atom. The van der Waals surface area contributed by atoms with Crippen LogP contribution < -0.4 is 5.32 Å². The van der Waals surface area contributed by atoms with Gasteiger partial charge in [-0.2, -0.15) is 0 Å². The van der Waals surface area contributed by atoms with E-state index in [1.54, 1.807) is 28.6 Å². The van der Waals surface area contributed by atoms with Crippen molar-refractivity contribution in [2.45, 2.75) is 29.7 Å². The number of nitrogens with zero attached hydrogens (tertiary/aromatic N) is 2. The Labute approximate surface area is 156 Å². The minimum atomic E-state index is -0.936. The van der Waals surface area contributed by atoms with E-state index in [-0.39, 0.29) is 18.4 Å². The van der Waals surface area contributed by atoms with Gasteiger partial charge in [-0.05, 0) is 31.2 Å². The number of carboxylic acid groups (broad SMARTS) is 1. The fourth-order valence-electron chi connectivity index (χ4n) is 4.02. The Morgan fingerprint density at radius 2 is 1.92 bits per heavy atom. The lowest BCUT2D eigenvalue weighted by molar-refractivity contribution is -0.145. The van der Waals surface area contributed by atoms with E-state index in [1.807, 2.05) is 30.5 Å². The molecule has 1 aromatic carbocycles. The van der Waals surface area contributed by atoms with E-state index in [1.165, 1.54) is 0 Å². The average molecular weight is 377 g/mol. The molecule has 1 spiro atoms. The van der Waals surface area contributed by atoms with E-state index in [0.29, 0.717) is 25.9 Å². The number of carbonyl (C=O) groups is 3. The molecule has 3 amide bonds. The van der Waals surface area contributed by atoms with Crippen molar-refractivity contribution in [2.75, 3.05) is 31.7 Å². The topological polar surface area (TPSA) is 90.0 Å². The summed E-state index contributed by atoms with van der Waals surface area (Å²) in [4.78, 5) is 40.6. The Balaban J connectivity index is 1.69. The molecule has 2 aliphatic heterocycles. The zero-order valence-corrected chi connectivity index (χ0v) is 15.7. The SMILES string of the molecule is CSc1ccccc1NC(=O)N1CCC2(CC1)C(C(=O)O)CC(=O)N2C. The van der Waals surface area contributed by atoms with Gasteiger partial charge in [-0.3, -0.25) is 9.59 Å². The van der Waals surface area contributed by atoms with E-state index in [4.69, 9.17) is 0 Å². The number of carboxylic acids is 1. The molecule has 2 saturated heterocycles. The molecule has 8 heteroatoms. The second-order valence-corrected chi connectivity index (χ2v) is 7.62. The van der Waals surface area contributed by atoms with Gasteiger partial charge in [0.2, 0.25) is 5.91 Å². The number of aliphatic carboxylic acids is 1. The number of carbonyl (C=O) groups excluding carboxylic acids is 2. The highest BCUT2D eigenvalue weighted by molar-refractivity contribution is 7.98. The van der Waals surface area contributed by atoms with Crippen LogP contribution in [-0.2, 0) is 9.59 Å². The molecule has 1 atom stereocenters. The maximum absolute atomic E-state index is 12.6. The predicted molar refractivity (Wildman–Crippen MR) is 99.3 cm³/mol. The third kappa shape index (κ3) is 3.13. The predicted octanol–water partition coefficient (Wildman–Crippen LogP) is 2.34. The standard InChI is InChI=1S/C18H23N3O4S/c1-20-15(22)11-12(16(23)24)18(20)7-9-21(10-8-18)17(25)19-13-5-3-4-6-14(13)26-2/h3-6,12H,7-11H2,1-2H3,(H,19,25)(H,23,24). The number of hydrogen-bond donors (Lipinski definition) is 2. The first-order chi connectivity index (χ1) is 12.4. The molecule has 0 saturated carbocycles. The summed E-state index contributed by atoms with van der Waals surface area (Å²) in [5, 5.41) is 12.5. The van der Waals surface area contributed by atoms with Crippen LogP contribution in [0.5, 0.6) is 0 Å². The third-order valence-corrected chi connectivity index (χ3v) is 6.43. The van der Waals surface area contributed by atoms with Gasteiger partial charge >= 0.3 is 12.0 Å². The normalized spacial score (nSPS) is 21.9. The molecule has 0 bridgehead atoms. The minimum Gasteiger partial charge on any atom is -0.481 e. The Morgan fingerprint density at radius 3 is 2.54 bits per heavy atom. The molecule has 1 unspecified atom stereocenters. The van der Waals surface area contributed by atoms with E-state index in [2.05, 4.69) is 5.32 Å². The van der Waals surface area contributed by atoms with Gasteiger partial charge in [-0.1, -0.05) is 12.1 Å². The van der Waals surface area contributed by atoms with Crippen LogP contribution >= 0.6 is 11.8 Å². The van der Waals surface area contributed by atoms with Crippen molar-refractivity contribution in [1.82, 2.24) is 9.80 Å². The number of piperidine rings is 1. The molecule has 2 heterocycles. The zero-order valence-electron chi connectivity index (χ0n) is 14.9. The number of benzene rings is 1. The van der Waals surface area contributed by atoms with Crippen LogP contribution in [0.3, 0.4) is 0 Å². The maximum atomic E-state index is 12.6. The Kier molecular flexibility index (Phi) is 5.13. The van der Waals surface area contributed by atoms with Gasteiger partial charge in [0, 0.05) is 31.5 Å². The molecule has 2 fully saturated rings. The van der Waals surface area contributed by atoms with Crippen molar-refractivity contribution in [2.24, 2.45) is 5.92 Å². The molecule has 7 nitrogen and oxygen atoms in total. The highest BCUT2D eigenvalue weighted by Gasteiger charge is 2.55. The van der Waals surface area contributed by atoms with Crippen molar-refractivity contribution in [3.63, 3.8) is 0 Å². The summed E-state index contributed by atoms with van der Waals surface area (Å²) >= 11 is 1.56. The fourth-order valence-corrected chi connectivity index (χ4v) is 4.58. The third-order valence-electron chi connectivity index (χ3n) is 5.63.